The molecular weight excluding hydrogens is 278 g/mol. The molecule has 2 aromatic rings. The lowest BCUT2D eigenvalue weighted by Gasteiger charge is -2.23. The molecule has 1 saturated heterocycles. The molecule has 0 aromatic carbocycles. The normalized spacial score (nSPS) is 26.4. The van der Waals surface area contributed by atoms with Crippen molar-refractivity contribution in [1.82, 2.24) is 9.38 Å². The van der Waals surface area contributed by atoms with Crippen LogP contribution in [0.5, 0.6) is 0 Å². The van der Waals surface area contributed by atoms with E-state index in [1.54, 1.807) is 22.9 Å². The quantitative estimate of drug-likeness (QED) is 0.878. The first-order valence-corrected chi connectivity index (χ1v) is 8.01. The Labute approximate surface area is 116 Å². The Morgan fingerprint density at radius 2 is 2.30 bits per heavy atom. The lowest BCUT2D eigenvalue weighted by Crippen LogP contribution is -2.29. The van der Waals surface area contributed by atoms with Gasteiger partial charge in [0, 0.05) is 12.4 Å². The molecule has 20 heavy (non-hydrogen) atoms. The van der Waals surface area contributed by atoms with Crippen molar-refractivity contribution in [2.45, 2.75) is 12.5 Å². The summed E-state index contributed by atoms with van der Waals surface area (Å²) in [7, 11) is -3.27. The van der Waals surface area contributed by atoms with Crippen LogP contribution in [0.15, 0.2) is 30.6 Å². The minimum absolute atomic E-state index is 0.0645. The Kier molecular flexibility index (Phi) is 2.81. The van der Waals surface area contributed by atoms with Crippen molar-refractivity contribution < 1.29 is 13.5 Å². The number of hydrogen-bond donors (Lipinski definition) is 1. The van der Waals surface area contributed by atoms with Gasteiger partial charge in [-0.3, -0.25) is 0 Å². The summed E-state index contributed by atoms with van der Waals surface area (Å²) in [5.74, 6) is -0.378. The van der Waals surface area contributed by atoms with E-state index in [0.29, 0.717) is 11.3 Å². The molecule has 1 fully saturated rings. The van der Waals surface area contributed by atoms with Gasteiger partial charge in [-0.15, -0.1) is 0 Å². The number of rotatable bonds is 2. The molecule has 7 heteroatoms. The molecule has 3 rings (SSSR count). The number of aliphatic hydroxyl groups is 1. The first-order valence-electron chi connectivity index (χ1n) is 6.19. The number of aliphatic hydroxyl groups excluding tert-OH is 1. The molecule has 6 nitrogen and oxygen atoms in total. The number of fused-ring (bicyclic) bond motifs is 1. The number of nitrogens with zero attached hydrogens (tertiary/aromatic N) is 3. The Morgan fingerprint density at radius 1 is 1.50 bits per heavy atom. The molecule has 2 aromatic heterocycles. The second-order valence-corrected chi connectivity index (χ2v) is 7.33. The maximum atomic E-state index is 11.6. The molecule has 1 aliphatic rings. The van der Waals surface area contributed by atoms with Crippen molar-refractivity contribution in [3.05, 3.63) is 36.3 Å². The van der Waals surface area contributed by atoms with Gasteiger partial charge in [-0.1, -0.05) is 6.07 Å². The molecule has 0 amide bonds. The van der Waals surface area contributed by atoms with Crippen LogP contribution in [0.1, 0.15) is 18.2 Å². The zero-order valence-corrected chi connectivity index (χ0v) is 11.4. The van der Waals surface area contributed by atoms with Gasteiger partial charge in [-0.2, -0.15) is 5.26 Å². The van der Waals surface area contributed by atoms with Crippen LogP contribution >= 0.6 is 0 Å². The summed E-state index contributed by atoms with van der Waals surface area (Å²) in [6, 6.07) is 7.42. The fourth-order valence-corrected chi connectivity index (χ4v) is 4.58. The van der Waals surface area contributed by atoms with Gasteiger partial charge in [0.1, 0.15) is 17.2 Å². The van der Waals surface area contributed by atoms with Crippen LogP contribution in [0.3, 0.4) is 0 Å². The third kappa shape index (κ3) is 1.97. The van der Waals surface area contributed by atoms with Gasteiger partial charge in [-0.05, 0) is 18.6 Å². The average Bonchev–Trinajstić information content (AvgIpc) is 2.99. The lowest BCUT2D eigenvalue weighted by molar-refractivity contribution is 0.0759. The van der Waals surface area contributed by atoms with Crippen molar-refractivity contribution in [2.24, 2.45) is 5.41 Å². The molecule has 104 valence electrons. The highest BCUT2D eigenvalue weighted by molar-refractivity contribution is 7.91. The first-order chi connectivity index (χ1) is 9.46. The van der Waals surface area contributed by atoms with E-state index in [2.05, 4.69) is 4.98 Å². The van der Waals surface area contributed by atoms with Crippen LogP contribution in [0.4, 0.5) is 0 Å². The SMILES string of the molecule is N#CC1(C(O)c2cn3ccccc3n2)CCS(=O)(=O)C1. The van der Waals surface area contributed by atoms with Gasteiger partial charge in [0.2, 0.25) is 0 Å². The lowest BCUT2D eigenvalue weighted by atomic mass is 9.82. The monoisotopic (exact) mass is 291 g/mol. The van der Waals surface area contributed by atoms with E-state index in [1.807, 2.05) is 18.2 Å². The summed E-state index contributed by atoms with van der Waals surface area (Å²) >= 11 is 0. The van der Waals surface area contributed by atoms with E-state index >= 15 is 0 Å². The summed E-state index contributed by atoms with van der Waals surface area (Å²) in [6.07, 6.45) is 2.35. The number of imidazole rings is 1. The van der Waals surface area contributed by atoms with Crippen LogP contribution < -0.4 is 0 Å². The highest BCUT2D eigenvalue weighted by Gasteiger charge is 2.49. The van der Waals surface area contributed by atoms with Crippen LogP contribution in [0.25, 0.3) is 5.65 Å². The van der Waals surface area contributed by atoms with E-state index in [4.69, 9.17) is 0 Å². The number of nitriles is 1. The number of hydrogen-bond acceptors (Lipinski definition) is 5. The number of pyridine rings is 1. The van der Waals surface area contributed by atoms with Gasteiger partial charge in [0.05, 0.1) is 23.3 Å². The van der Waals surface area contributed by atoms with Crippen molar-refractivity contribution in [2.75, 3.05) is 11.5 Å². The van der Waals surface area contributed by atoms with Gasteiger partial charge in [0.15, 0.2) is 9.84 Å². The number of sulfone groups is 1. The number of aromatic nitrogens is 2. The standard InChI is InChI=1S/C13H13N3O3S/c14-8-13(4-6-20(18,19)9-13)12(17)10-7-16-5-2-1-3-11(16)15-10/h1-3,5,7,12,17H,4,6,9H2. The highest BCUT2D eigenvalue weighted by atomic mass is 32.2. The van der Waals surface area contributed by atoms with Gasteiger partial charge in [-0.25, -0.2) is 13.4 Å². The molecule has 0 aliphatic carbocycles. The molecule has 0 radical (unpaired) electrons. The second kappa shape index (κ2) is 4.30. The Bertz CT molecular complexity index is 773. The molecule has 2 atom stereocenters. The highest BCUT2D eigenvalue weighted by Crippen LogP contribution is 2.42. The van der Waals surface area contributed by atoms with Crippen molar-refractivity contribution in [3.63, 3.8) is 0 Å². The molecule has 0 saturated carbocycles. The largest absolute Gasteiger partial charge is 0.385 e. The zero-order chi connectivity index (χ0) is 14.4. The van der Waals surface area contributed by atoms with Gasteiger partial charge in [0.25, 0.3) is 0 Å². The Balaban J connectivity index is 2.03. The maximum absolute atomic E-state index is 11.6. The zero-order valence-electron chi connectivity index (χ0n) is 10.6. The van der Waals surface area contributed by atoms with Crippen molar-refractivity contribution in [1.29, 1.82) is 5.26 Å². The fourth-order valence-electron chi connectivity index (χ4n) is 2.61. The van der Waals surface area contributed by atoms with Crippen molar-refractivity contribution in [3.8, 4) is 6.07 Å². The van der Waals surface area contributed by atoms with E-state index < -0.39 is 21.4 Å². The van der Waals surface area contributed by atoms with E-state index in [1.165, 1.54) is 0 Å². The summed E-state index contributed by atoms with van der Waals surface area (Å²) in [4.78, 5) is 4.26. The Morgan fingerprint density at radius 3 is 2.90 bits per heavy atom. The summed E-state index contributed by atoms with van der Waals surface area (Å²) in [5, 5.41) is 19.8. The van der Waals surface area contributed by atoms with Gasteiger partial charge < -0.3 is 9.51 Å². The minimum Gasteiger partial charge on any atom is -0.385 e. The third-order valence-corrected chi connectivity index (χ3v) is 5.53. The molecule has 2 unspecified atom stereocenters. The summed E-state index contributed by atoms with van der Waals surface area (Å²) in [5.41, 5.74) is -0.318. The Hall–Kier alpha value is -1.91. The van der Waals surface area contributed by atoms with Crippen LogP contribution in [0.2, 0.25) is 0 Å². The van der Waals surface area contributed by atoms with Crippen LogP contribution in [-0.4, -0.2) is 34.4 Å². The molecule has 0 spiro atoms. The van der Waals surface area contributed by atoms with Crippen LogP contribution in [0, 0.1) is 16.7 Å². The van der Waals surface area contributed by atoms with E-state index in [-0.39, 0.29) is 17.9 Å². The fraction of sp³-hybridized carbons (Fsp3) is 0.385. The minimum atomic E-state index is -3.27. The van der Waals surface area contributed by atoms with Gasteiger partial charge >= 0.3 is 0 Å². The van der Waals surface area contributed by atoms with Crippen molar-refractivity contribution >= 4 is 15.5 Å². The average molecular weight is 291 g/mol. The summed E-state index contributed by atoms with van der Waals surface area (Å²) < 4.78 is 25.0. The third-order valence-electron chi connectivity index (χ3n) is 3.75. The van der Waals surface area contributed by atoms with Crippen LogP contribution in [-0.2, 0) is 9.84 Å². The van der Waals surface area contributed by atoms with E-state index in [0.717, 1.165) is 0 Å². The molecule has 1 aliphatic heterocycles. The van der Waals surface area contributed by atoms with E-state index in [9.17, 15) is 18.8 Å². The topological polar surface area (TPSA) is 95.5 Å². The second-order valence-electron chi connectivity index (χ2n) is 5.14. The molecular formula is C13H13N3O3S. The summed E-state index contributed by atoms with van der Waals surface area (Å²) in [6.45, 7) is 0. The maximum Gasteiger partial charge on any atom is 0.152 e. The molecule has 1 N–H and O–H groups in total. The molecule has 3 heterocycles. The molecule has 0 bridgehead atoms. The smallest absolute Gasteiger partial charge is 0.152 e. The first kappa shape index (κ1) is 13.1. The predicted octanol–water partition coefficient (Wildman–Crippen LogP) is 0.696. The predicted molar refractivity (Wildman–Crippen MR) is 71.5 cm³/mol.